The van der Waals surface area contributed by atoms with E-state index >= 15 is 0 Å². The van der Waals surface area contributed by atoms with E-state index in [9.17, 15) is 9.59 Å². The Balaban J connectivity index is 1.89. The van der Waals surface area contributed by atoms with E-state index in [1.165, 1.54) is 17.4 Å². The van der Waals surface area contributed by atoms with Crippen molar-refractivity contribution < 1.29 is 4.79 Å². The number of fused-ring (bicyclic) bond motifs is 1. The van der Waals surface area contributed by atoms with Crippen LogP contribution in [-0.2, 0) is 11.3 Å². The van der Waals surface area contributed by atoms with Crippen molar-refractivity contribution in [2.24, 2.45) is 4.99 Å². The van der Waals surface area contributed by atoms with Crippen LogP contribution in [0.4, 0.5) is 5.69 Å². The fraction of sp³-hybridized carbons (Fsp3) is 0.154. The molecule has 20 heavy (non-hydrogen) atoms. The molecule has 1 aliphatic rings. The average molecular weight is 308 g/mol. The molecular weight excluding hydrogens is 298 g/mol. The van der Waals surface area contributed by atoms with Crippen molar-refractivity contribution in [3.05, 3.63) is 49.0 Å². The normalized spacial score (nSPS) is 13.9. The van der Waals surface area contributed by atoms with E-state index in [4.69, 9.17) is 11.6 Å². The van der Waals surface area contributed by atoms with Gasteiger partial charge in [0, 0.05) is 23.3 Å². The molecule has 0 aliphatic carbocycles. The molecule has 0 saturated heterocycles. The SMILES string of the molecule is O=C(/C=c1/sc2n(c1=O)CCN=2)Nc1cccc(Cl)c1. The molecule has 0 unspecified atom stereocenters. The van der Waals surface area contributed by atoms with Crippen LogP contribution in [0.2, 0.25) is 5.02 Å². The van der Waals surface area contributed by atoms with Gasteiger partial charge in [-0.3, -0.25) is 19.1 Å². The lowest BCUT2D eigenvalue weighted by Gasteiger charge is -2.01. The maximum atomic E-state index is 12.0. The Morgan fingerprint density at radius 3 is 3.10 bits per heavy atom. The highest BCUT2D eigenvalue weighted by Gasteiger charge is 2.10. The van der Waals surface area contributed by atoms with Crippen molar-refractivity contribution >= 4 is 40.6 Å². The van der Waals surface area contributed by atoms with Crippen LogP contribution in [0.5, 0.6) is 0 Å². The molecule has 2 aromatic rings. The van der Waals surface area contributed by atoms with Crippen LogP contribution >= 0.6 is 22.9 Å². The molecule has 1 amide bonds. The summed E-state index contributed by atoms with van der Waals surface area (Å²) < 4.78 is 1.98. The summed E-state index contributed by atoms with van der Waals surface area (Å²) in [5, 5.41) is 3.21. The summed E-state index contributed by atoms with van der Waals surface area (Å²) in [5.41, 5.74) is 0.431. The van der Waals surface area contributed by atoms with Gasteiger partial charge in [-0.2, -0.15) is 0 Å². The number of nitrogens with zero attached hydrogens (tertiary/aromatic N) is 2. The largest absolute Gasteiger partial charge is 0.322 e. The standard InChI is InChI=1S/C13H10ClN3O2S/c14-8-2-1-3-9(6-8)16-11(18)7-10-12(19)17-5-4-15-13(17)20-10/h1-3,6-7H,4-5H2,(H,16,18)/b10-7+. The van der Waals surface area contributed by atoms with Crippen molar-refractivity contribution in [2.45, 2.75) is 6.54 Å². The molecule has 2 heterocycles. The second kappa shape index (κ2) is 5.22. The molecule has 0 spiro atoms. The van der Waals surface area contributed by atoms with E-state index in [2.05, 4.69) is 10.3 Å². The van der Waals surface area contributed by atoms with Crippen molar-refractivity contribution in [3.63, 3.8) is 0 Å². The van der Waals surface area contributed by atoms with Gasteiger partial charge in [0.1, 0.15) is 4.53 Å². The first-order chi connectivity index (χ1) is 9.63. The number of carbonyl (C=O) groups is 1. The number of anilines is 1. The van der Waals surface area contributed by atoms with Crippen molar-refractivity contribution in [2.75, 3.05) is 11.9 Å². The van der Waals surface area contributed by atoms with E-state index in [-0.39, 0.29) is 11.5 Å². The fourth-order valence-corrected chi connectivity index (χ4v) is 3.12. The minimum atomic E-state index is -0.357. The van der Waals surface area contributed by atoms with Crippen LogP contribution in [0.25, 0.3) is 6.08 Å². The molecule has 0 saturated carbocycles. The van der Waals surface area contributed by atoms with Crippen molar-refractivity contribution in [3.8, 4) is 0 Å². The molecule has 1 aromatic carbocycles. The van der Waals surface area contributed by atoms with Gasteiger partial charge in [0.05, 0.1) is 6.54 Å². The van der Waals surface area contributed by atoms with Crippen LogP contribution < -0.4 is 20.2 Å². The van der Waals surface area contributed by atoms with Crippen molar-refractivity contribution in [1.29, 1.82) is 0 Å². The number of hydrogen-bond donors (Lipinski definition) is 1. The number of aromatic nitrogens is 1. The molecule has 1 aromatic heterocycles. The Morgan fingerprint density at radius 1 is 1.50 bits per heavy atom. The molecule has 102 valence electrons. The van der Waals surface area contributed by atoms with E-state index in [1.54, 1.807) is 28.8 Å². The zero-order chi connectivity index (χ0) is 14.1. The molecule has 7 heteroatoms. The third kappa shape index (κ3) is 2.52. The lowest BCUT2D eigenvalue weighted by molar-refractivity contribution is -0.110. The number of halogens is 1. The second-order valence-corrected chi connectivity index (χ2v) is 5.68. The summed E-state index contributed by atoms with van der Waals surface area (Å²) in [5.74, 6) is -0.357. The highest BCUT2D eigenvalue weighted by Crippen LogP contribution is 2.14. The lowest BCUT2D eigenvalue weighted by atomic mass is 10.3. The molecular formula is C13H10ClN3O2S. The van der Waals surface area contributed by atoms with Crippen LogP contribution in [0.3, 0.4) is 0 Å². The Bertz CT molecular complexity index is 853. The minimum Gasteiger partial charge on any atom is -0.322 e. The average Bonchev–Trinajstić information content (AvgIpc) is 2.94. The van der Waals surface area contributed by atoms with Crippen LogP contribution in [0.15, 0.2) is 34.1 Å². The van der Waals surface area contributed by atoms with Gasteiger partial charge < -0.3 is 5.32 Å². The summed E-state index contributed by atoms with van der Waals surface area (Å²) >= 11 is 7.07. The maximum absolute atomic E-state index is 12.0. The predicted octanol–water partition coefficient (Wildman–Crippen LogP) is 0.616. The van der Waals surface area contributed by atoms with E-state index in [1.807, 2.05) is 0 Å². The lowest BCUT2D eigenvalue weighted by Crippen LogP contribution is -2.30. The molecule has 3 rings (SSSR count). The monoisotopic (exact) mass is 307 g/mol. The summed E-state index contributed by atoms with van der Waals surface area (Å²) in [4.78, 5) is 28.7. The van der Waals surface area contributed by atoms with Gasteiger partial charge in [-0.15, -0.1) is 0 Å². The summed E-state index contributed by atoms with van der Waals surface area (Å²) in [6, 6.07) is 6.84. The van der Waals surface area contributed by atoms with Gasteiger partial charge in [0.2, 0.25) is 5.91 Å². The number of thiazole rings is 1. The predicted molar refractivity (Wildman–Crippen MR) is 78.8 cm³/mol. The molecule has 0 bridgehead atoms. The maximum Gasteiger partial charge on any atom is 0.270 e. The molecule has 0 fully saturated rings. The zero-order valence-corrected chi connectivity index (χ0v) is 11.9. The Kier molecular flexibility index (Phi) is 3.42. The van der Waals surface area contributed by atoms with E-state index in [0.717, 1.165) is 0 Å². The zero-order valence-electron chi connectivity index (χ0n) is 10.3. The first kappa shape index (κ1) is 13.1. The number of rotatable bonds is 2. The summed E-state index contributed by atoms with van der Waals surface area (Å²) in [6.45, 7) is 1.23. The minimum absolute atomic E-state index is 0.160. The highest BCUT2D eigenvalue weighted by atomic mass is 35.5. The molecule has 1 aliphatic heterocycles. The Hall–Kier alpha value is -1.92. The third-order valence-corrected chi connectivity index (χ3v) is 4.09. The topological polar surface area (TPSA) is 63.5 Å². The van der Waals surface area contributed by atoms with E-state index < -0.39 is 0 Å². The number of benzene rings is 1. The first-order valence-corrected chi connectivity index (χ1v) is 7.15. The fourth-order valence-electron chi connectivity index (χ4n) is 1.93. The quantitative estimate of drug-likeness (QED) is 0.884. The van der Waals surface area contributed by atoms with E-state index in [0.29, 0.717) is 33.1 Å². The molecule has 0 atom stereocenters. The van der Waals surface area contributed by atoms with Crippen LogP contribution in [0, 0.1) is 0 Å². The van der Waals surface area contributed by atoms with Gasteiger partial charge in [0.15, 0.2) is 4.80 Å². The number of amides is 1. The summed E-state index contributed by atoms with van der Waals surface area (Å²) in [6.07, 6.45) is 1.30. The Morgan fingerprint density at radius 2 is 2.35 bits per heavy atom. The molecule has 0 radical (unpaired) electrons. The highest BCUT2D eigenvalue weighted by molar-refractivity contribution is 7.07. The number of carbonyl (C=O) groups excluding carboxylic acids is 1. The number of hydrogen-bond acceptors (Lipinski definition) is 4. The molecule has 1 N–H and O–H groups in total. The first-order valence-electron chi connectivity index (χ1n) is 5.96. The Labute approximate surface area is 122 Å². The second-order valence-electron chi connectivity index (χ2n) is 4.23. The molecule has 5 nitrogen and oxygen atoms in total. The smallest absolute Gasteiger partial charge is 0.270 e. The van der Waals surface area contributed by atoms with Crippen LogP contribution in [-0.4, -0.2) is 17.0 Å². The van der Waals surface area contributed by atoms with Gasteiger partial charge in [0.25, 0.3) is 5.56 Å². The van der Waals surface area contributed by atoms with Gasteiger partial charge in [-0.05, 0) is 18.2 Å². The van der Waals surface area contributed by atoms with Crippen LogP contribution in [0.1, 0.15) is 0 Å². The van der Waals surface area contributed by atoms with Crippen molar-refractivity contribution in [1.82, 2.24) is 4.57 Å². The third-order valence-electron chi connectivity index (χ3n) is 2.81. The summed E-state index contributed by atoms with van der Waals surface area (Å²) in [7, 11) is 0. The van der Waals surface area contributed by atoms with Gasteiger partial charge in [-0.1, -0.05) is 29.0 Å². The van der Waals surface area contributed by atoms with Gasteiger partial charge in [-0.25, -0.2) is 0 Å². The van der Waals surface area contributed by atoms with Gasteiger partial charge >= 0.3 is 0 Å². The number of nitrogens with one attached hydrogen (secondary N) is 1.